The number of rotatable bonds is 3. The summed E-state index contributed by atoms with van der Waals surface area (Å²) in [6.07, 6.45) is 5.27. The SMILES string of the molecule is CN1C(=O)CCC(NC(=O)CC2CCCCC2N)C1=O. The number of imide groups is 1. The smallest absolute Gasteiger partial charge is 0.251 e. The Balaban J connectivity index is 1.85. The van der Waals surface area contributed by atoms with Crippen LogP contribution in [0.3, 0.4) is 0 Å². The van der Waals surface area contributed by atoms with E-state index in [4.69, 9.17) is 5.73 Å². The molecular weight excluding hydrogens is 258 g/mol. The molecule has 6 heteroatoms. The molecule has 0 aromatic heterocycles. The number of nitrogens with one attached hydrogen (secondary N) is 1. The van der Waals surface area contributed by atoms with Crippen molar-refractivity contribution in [3.8, 4) is 0 Å². The van der Waals surface area contributed by atoms with Crippen LogP contribution in [-0.2, 0) is 14.4 Å². The fourth-order valence-electron chi connectivity index (χ4n) is 3.03. The van der Waals surface area contributed by atoms with Gasteiger partial charge in [-0.3, -0.25) is 19.3 Å². The molecule has 3 amide bonds. The van der Waals surface area contributed by atoms with Crippen LogP contribution in [0, 0.1) is 5.92 Å². The maximum absolute atomic E-state index is 12.0. The molecule has 6 nitrogen and oxygen atoms in total. The summed E-state index contributed by atoms with van der Waals surface area (Å²) in [6, 6.07) is -0.481. The standard InChI is InChI=1S/C14H23N3O3/c1-17-13(19)7-6-11(14(17)20)16-12(18)8-9-4-2-3-5-10(9)15/h9-11H,2-8,15H2,1H3,(H,16,18). The minimum absolute atomic E-state index is 0.0841. The summed E-state index contributed by atoms with van der Waals surface area (Å²) < 4.78 is 0. The third-order valence-electron chi connectivity index (χ3n) is 4.40. The average Bonchev–Trinajstić information content (AvgIpc) is 2.42. The van der Waals surface area contributed by atoms with Crippen molar-refractivity contribution in [1.82, 2.24) is 10.2 Å². The molecule has 0 bridgehead atoms. The van der Waals surface area contributed by atoms with Gasteiger partial charge >= 0.3 is 0 Å². The Labute approximate surface area is 119 Å². The first-order chi connectivity index (χ1) is 9.49. The summed E-state index contributed by atoms with van der Waals surface area (Å²) in [6.45, 7) is 0. The van der Waals surface area contributed by atoms with Crippen LogP contribution in [-0.4, -0.2) is 41.8 Å². The van der Waals surface area contributed by atoms with Gasteiger partial charge in [-0.2, -0.15) is 0 Å². The highest BCUT2D eigenvalue weighted by Crippen LogP contribution is 2.25. The van der Waals surface area contributed by atoms with Crippen molar-refractivity contribution in [3.63, 3.8) is 0 Å². The van der Waals surface area contributed by atoms with E-state index in [0.717, 1.165) is 30.6 Å². The highest BCUT2D eigenvalue weighted by molar-refractivity contribution is 6.01. The van der Waals surface area contributed by atoms with E-state index < -0.39 is 6.04 Å². The molecule has 2 rings (SSSR count). The topological polar surface area (TPSA) is 92.5 Å². The van der Waals surface area contributed by atoms with Crippen LogP contribution in [0.1, 0.15) is 44.9 Å². The van der Waals surface area contributed by atoms with Crippen LogP contribution in [0.25, 0.3) is 0 Å². The molecule has 0 aromatic rings. The van der Waals surface area contributed by atoms with Crippen molar-refractivity contribution < 1.29 is 14.4 Å². The van der Waals surface area contributed by atoms with Crippen LogP contribution in [0.2, 0.25) is 0 Å². The predicted octanol–water partition coefficient (Wildman–Crippen LogP) is 0.158. The molecule has 2 aliphatic rings. The van der Waals surface area contributed by atoms with Gasteiger partial charge < -0.3 is 11.1 Å². The van der Waals surface area contributed by atoms with Crippen molar-refractivity contribution >= 4 is 17.7 Å². The van der Waals surface area contributed by atoms with Gasteiger partial charge in [0.2, 0.25) is 11.8 Å². The van der Waals surface area contributed by atoms with Gasteiger partial charge in [-0.1, -0.05) is 12.8 Å². The molecule has 1 saturated carbocycles. The third kappa shape index (κ3) is 3.36. The van der Waals surface area contributed by atoms with Crippen LogP contribution in [0.5, 0.6) is 0 Å². The van der Waals surface area contributed by atoms with Crippen molar-refractivity contribution in [2.75, 3.05) is 7.05 Å². The second kappa shape index (κ2) is 6.35. The van der Waals surface area contributed by atoms with Gasteiger partial charge in [0.1, 0.15) is 6.04 Å². The van der Waals surface area contributed by atoms with E-state index in [1.165, 1.54) is 7.05 Å². The number of piperidine rings is 1. The Morgan fingerprint density at radius 2 is 2.00 bits per heavy atom. The molecular formula is C14H23N3O3. The maximum Gasteiger partial charge on any atom is 0.251 e. The molecule has 112 valence electrons. The Kier molecular flexibility index (Phi) is 4.75. The van der Waals surface area contributed by atoms with Gasteiger partial charge in [-0.25, -0.2) is 0 Å². The van der Waals surface area contributed by atoms with Crippen molar-refractivity contribution in [2.45, 2.75) is 57.0 Å². The molecule has 1 aliphatic heterocycles. The molecule has 3 atom stereocenters. The normalized spacial score (nSPS) is 31.3. The van der Waals surface area contributed by atoms with E-state index in [0.29, 0.717) is 19.3 Å². The third-order valence-corrected chi connectivity index (χ3v) is 4.40. The Morgan fingerprint density at radius 3 is 2.70 bits per heavy atom. The molecule has 3 unspecified atom stereocenters. The number of carbonyl (C=O) groups is 3. The molecule has 1 aliphatic carbocycles. The highest BCUT2D eigenvalue weighted by atomic mass is 16.2. The van der Waals surface area contributed by atoms with Gasteiger partial charge in [0.15, 0.2) is 0 Å². The van der Waals surface area contributed by atoms with Crippen molar-refractivity contribution in [1.29, 1.82) is 0 Å². The number of likely N-dealkylation sites (tertiary alicyclic amines) is 1. The second-order valence-corrected chi connectivity index (χ2v) is 5.86. The summed E-state index contributed by atoms with van der Waals surface area (Å²) in [4.78, 5) is 36.4. The highest BCUT2D eigenvalue weighted by Gasteiger charge is 2.33. The molecule has 0 radical (unpaired) electrons. The van der Waals surface area contributed by atoms with E-state index in [1.807, 2.05) is 0 Å². The first-order valence-corrected chi connectivity index (χ1v) is 7.34. The number of likely N-dealkylation sites (N-methyl/N-ethyl adjacent to an activating group) is 1. The average molecular weight is 281 g/mol. The summed E-state index contributed by atoms with van der Waals surface area (Å²) in [5.74, 6) is -0.424. The lowest BCUT2D eigenvalue weighted by atomic mass is 9.83. The molecule has 0 spiro atoms. The number of hydrogen-bond acceptors (Lipinski definition) is 4. The molecule has 1 saturated heterocycles. The minimum Gasteiger partial charge on any atom is -0.344 e. The summed E-state index contributed by atoms with van der Waals surface area (Å²) in [5, 5.41) is 2.75. The fourth-order valence-corrected chi connectivity index (χ4v) is 3.03. The molecule has 1 heterocycles. The van der Waals surface area contributed by atoms with E-state index in [-0.39, 0.29) is 29.7 Å². The summed E-state index contributed by atoms with van der Waals surface area (Å²) >= 11 is 0. The first kappa shape index (κ1) is 15.0. The van der Waals surface area contributed by atoms with Crippen molar-refractivity contribution in [2.24, 2.45) is 11.7 Å². The summed E-state index contributed by atoms with van der Waals surface area (Å²) in [5.41, 5.74) is 6.03. The number of carbonyl (C=O) groups excluding carboxylic acids is 3. The largest absolute Gasteiger partial charge is 0.344 e. The van der Waals surface area contributed by atoms with Crippen LogP contribution in [0.4, 0.5) is 0 Å². The zero-order valence-corrected chi connectivity index (χ0v) is 11.9. The lowest BCUT2D eigenvalue weighted by molar-refractivity contribution is -0.149. The maximum atomic E-state index is 12.0. The van der Waals surface area contributed by atoms with E-state index >= 15 is 0 Å². The Bertz CT molecular complexity index is 410. The van der Waals surface area contributed by atoms with Gasteiger partial charge in [-0.05, 0) is 25.2 Å². The van der Waals surface area contributed by atoms with Crippen LogP contribution < -0.4 is 11.1 Å². The monoisotopic (exact) mass is 281 g/mol. The summed E-state index contributed by atoms with van der Waals surface area (Å²) in [7, 11) is 1.46. The zero-order valence-electron chi connectivity index (χ0n) is 11.9. The van der Waals surface area contributed by atoms with Gasteiger partial charge in [-0.15, -0.1) is 0 Å². The van der Waals surface area contributed by atoms with Gasteiger partial charge in [0.05, 0.1) is 0 Å². The van der Waals surface area contributed by atoms with Gasteiger partial charge in [0, 0.05) is 25.9 Å². The lowest BCUT2D eigenvalue weighted by Gasteiger charge is -2.30. The fraction of sp³-hybridized carbons (Fsp3) is 0.786. The lowest BCUT2D eigenvalue weighted by Crippen LogP contribution is -2.53. The number of amides is 3. The molecule has 0 aromatic carbocycles. The molecule has 2 fully saturated rings. The van der Waals surface area contributed by atoms with E-state index in [9.17, 15) is 14.4 Å². The first-order valence-electron chi connectivity index (χ1n) is 7.34. The van der Waals surface area contributed by atoms with E-state index in [1.54, 1.807) is 0 Å². The number of nitrogens with zero attached hydrogens (tertiary/aromatic N) is 1. The second-order valence-electron chi connectivity index (χ2n) is 5.86. The Morgan fingerprint density at radius 1 is 1.30 bits per heavy atom. The van der Waals surface area contributed by atoms with Gasteiger partial charge in [0.25, 0.3) is 5.91 Å². The number of hydrogen-bond donors (Lipinski definition) is 2. The Hall–Kier alpha value is -1.43. The van der Waals surface area contributed by atoms with Crippen molar-refractivity contribution in [3.05, 3.63) is 0 Å². The molecule has 20 heavy (non-hydrogen) atoms. The minimum atomic E-state index is -0.565. The van der Waals surface area contributed by atoms with Crippen LogP contribution >= 0.6 is 0 Å². The number of nitrogens with two attached hydrogens (primary N) is 1. The van der Waals surface area contributed by atoms with Crippen LogP contribution in [0.15, 0.2) is 0 Å². The molecule has 3 N–H and O–H groups in total. The van der Waals surface area contributed by atoms with E-state index in [2.05, 4.69) is 5.32 Å². The quantitative estimate of drug-likeness (QED) is 0.721. The zero-order chi connectivity index (χ0) is 14.7. The predicted molar refractivity (Wildman–Crippen MR) is 73.5 cm³/mol.